The number of ether oxygens (including phenoxy) is 5. The number of halogens is 1. The molecule has 1 saturated heterocycles. The van der Waals surface area contributed by atoms with Gasteiger partial charge in [0.1, 0.15) is 12.7 Å². The summed E-state index contributed by atoms with van der Waals surface area (Å²) in [5, 5.41) is 11.5. The number of rotatable bonds is 13. The highest BCUT2D eigenvalue weighted by Gasteiger charge is 2.45. The lowest BCUT2D eigenvalue weighted by Gasteiger charge is -2.38. The Morgan fingerprint density at radius 3 is 2.41 bits per heavy atom. The minimum atomic E-state index is -1.38. The Labute approximate surface area is 222 Å². The fourth-order valence-corrected chi connectivity index (χ4v) is 3.98. The Morgan fingerprint density at radius 1 is 0.973 bits per heavy atom. The first-order valence-corrected chi connectivity index (χ1v) is 13.1. The minimum Gasteiger partial charge on any atom is -0.450 e. The van der Waals surface area contributed by atoms with Crippen LogP contribution in [-0.2, 0) is 30.3 Å². The van der Waals surface area contributed by atoms with E-state index in [1.165, 1.54) is 19.3 Å². The topological polar surface area (TPSA) is 101 Å². The summed E-state index contributed by atoms with van der Waals surface area (Å²) in [5.74, 6) is -0.646. The third-order valence-corrected chi connectivity index (χ3v) is 6.21. The van der Waals surface area contributed by atoms with Crippen LogP contribution in [0.15, 0.2) is 54.6 Å². The molecule has 8 nitrogen and oxygen atoms in total. The van der Waals surface area contributed by atoms with E-state index in [4.69, 9.17) is 35.3 Å². The number of carbonyl (C=O) groups excluding carboxylic acids is 2. The molecule has 0 amide bonds. The van der Waals surface area contributed by atoms with Crippen molar-refractivity contribution in [2.24, 2.45) is 0 Å². The van der Waals surface area contributed by atoms with Crippen molar-refractivity contribution in [3.05, 3.63) is 70.7 Å². The Kier molecular flexibility index (Phi) is 12.2. The van der Waals surface area contributed by atoms with Gasteiger partial charge in [-0.15, -0.1) is 0 Å². The Balaban J connectivity index is 1.56. The fourth-order valence-electron chi connectivity index (χ4n) is 3.86. The van der Waals surface area contributed by atoms with Crippen molar-refractivity contribution in [2.75, 3.05) is 13.2 Å². The average Bonchev–Trinajstić information content (AvgIpc) is 2.91. The van der Waals surface area contributed by atoms with E-state index in [0.717, 1.165) is 24.8 Å². The molecule has 4 atom stereocenters. The van der Waals surface area contributed by atoms with Crippen LogP contribution in [0.5, 0.6) is 0 Å². The zero-order valence-electron chi connectivity index (χ0n) is 21.1. The van der Waals surface area contributed by atoms with Crippen molar-refractivity contribution >= 4 is 23.7 Å². The van der Waals surface area contributed by atoms with Crippen LogP contribution in [0.3, 0.4) is 0 Å². The molecule has 3 rings (SSSR count). The van der Waals surface area contributed by atoms with Crippen molar-refractivity contribution in [1.29, 1.82) is 0 Å². The molecule has 0 unspecified atom stereocenters. The fraction of sp³-hybridized carbons (Fsp3) is 0.500. The highest BCUT2D eigenvalue weighted by Crippen LogP contribution is 2.24. The molecule has 0 aromatic heterocycles. The van der Waals surface area contributed by atoms with Gasteiger partial charge >= 0.3 is 12.1 Å². The van der Waals surface area contributed by atoms with Crippen LogP contribution in [0.1, 0.15) is 61.4 Å². The summed E-state index contributed by atoms with van der Waals surface area (Å²) in [6.45, 7) is 2.38. The summed E-state index contributed by atoms with van der Waals surface area (Å²) in [5.41, 5.74) is 1.04. The van der Waals surface area contributed by atoms with Gasteiger partial charge in [0, 0.05) is 11.6 Å². The molecular formula is C28H35ClO8. The van der Waals surface area contributed by atoms with Crippen LogP contribution in [0.4, 0.5) is 4.79 Å². The smallest absolute Gasteiger partial charge is 0.450 e. The van der Waals surface area contributed by atoms with Gasteiger partial charge in [0.15, 0.2) is 18.5 Å². The number of carbonyl (C=O) groups is 2. The predicted octanol–water partition coefficient (Wildman–Crippen LogP) is 5.68. The second-order valence-corrected chi connectivity index (χ2v) is 9.32. The first-order valence-electron chi connectivity index (χ1n) is 12.7. The van der Waals surface area contributed by atoms with Gasteiger partial charge in [-0.3, -0.25) is 0 Å². The SMILES string of the molecule is CCCCCCCCO[C@@H]1OC[C@@H](OC(=O)OCc2ccc(Cl)cc2)[C@H](O)[C@H]1OC(=O)c1ccccc1. The number of aliphatic hydroxyl groups is 1. The van der Waals surface area contributed by atoms with Gasteiger partial charge in [-0.25, -0.2) is 9.59 Å². The molecule has 0 spiro atoms. The highest BCUT2D eigenvalue weighted by atomic mass is 35.5. The average molecular weight is 535 g/mol. The van der Waals surface area contributed by atoms with Crippen LogP contribution >= 0.6 is 11.6 Å². The lowest BCUT2D eigenvalue weighted by atomic mass is 10.0. The van der Waals surface area contributed by atoms with Crippen molar-refractivity contribution in [3.63, 3.8) is 0 Å². The molecule has 9 heteroatoms. The van der Waals surface area contributed by atoms with Gasteiger partial charge in [0.05, 0.1) is 12.2 Å². The summed E-state index contributed by atoms with van der Waals surface area (Å²) in [6.07, 6.45) is 0.840. The van der Waals surface area contributed by atoms with E-state index in [1.807, 2.05) is 0 Å². The van der Waals surface area contributed by atoms with Crippen molar-refractivity contribution in [1.82, 2.24) is 0 Å². The van der Waals surface area contributed by atoms with E-state index in [-0.39, 0.29) is 13.2 Å². The third-order valence-electron chi connectivity index (χ3n) is 5.96. The molecule has 37 heavy (non-hydrogen) atoms. The number of unbranched alkanes of at least 4 members (excludes halogenated alkanes) is 5. The first-order chi connectivity index (χ1) is 18.0. The second-order valence-electron chi connectivity index (χ2n) is 8.89. The number of aliphatic hydroxyl groups excluding tert-OH is 1. The molecule has 1 heterocycles. The Hall–Kier alpha value is -2.65. The zero-order valence-corrected chi connectivity index (χ0v) is 21.8. The molecule has 0 saturated carbocycles. The lowest BCUT2D eigenvalue weighted by molar-refractivity contribution is -0.270. The Morgan fingerprint density at radius 2 is 1.68 bits per heavy atom. The van der Waals surface area contributed by atoms with Crippen LogP contribution in [0.2, 0.25) is 5.02 Å². The van der Waals surface area contributed by atoms with Crippen LogP contribution < -0.4 is 0 Å². The molecule has 0 aliphatic carbocycles. The maximum Gasteiger partial charge on any atom is 0.509 e. The van der Waals surface area contributed by atoms with E-state index in [2.05, 4.69) is 6.92 Å². The molecule has 202 valence electrons. The van der Waals surface area contributed by atoms with E-state index >= 15 is 0 Å². The van der Waals surface area contributed by atoms with Gasteiger partial charge in [0.25, 0.3) is 0 Å². The van der Waals surface area contributed by atoms with E-state index in [9.17, 15) is 14.7 Å². The molecule has 1 N–H and O–H groups in total. The monoisotopic (exact) mass is 534 g/mol. The number of hydrogen-bond donors (Lipinski definition) is 1. The summed E-state index contributed by atoms with van der Waals surface area (Å²) in [4.78, 5) is 25.0. The number of benzene rings is 2. The largest absolute Gasteiger partial charge is 0.509 e. The van der Waals surface area contributed by atoms with Gasteiger partial charge in [-0.1, -0.05) is 81.0 Å². The molecule has 0 radical (unpaired) electrons. The number of hydrogen-bond acceptors (Lipinski definition) is 8. The lowest BCUT2D eigenvalue weighted by Crippen LogP contribution is -2.56. The maximum absolute atomic E-state index is 12.7. The van der Waals surface area contributed by atoms with E-state index < -0.39 is 36.7 Å². The van der Waals surface area contributed by atoms with Gasteiger partial charge in [0.2, 0.25) is 0 Å². The van der Waals surface area contributed by atoms with Crippen LogP contribution in [0, 0.1) is 0 Å². The minimum absolute atomic E-state index is 0.0317. The normalized spacial score (nSPS) is 21.3. The van der Waals surface area contributed by atoms with E-state index in [1.54, 1.807) is 54.6 Å². The Bertz CT molecular complexity index is 952. The summed E-state index contributed by atoms with van der Waals surface area (Å²) >= 11 is 5.87. The van der Waals surface area contributed by atoms with Gasteiger partial charge < -0.3 is 28.8 Å². The highest BCUT2D eigenvalue weighted by molar-refractivity contribution is 6.30. The van der Waals surface area contributed by atoms with Crippen molar-refractivity contribution < 1.29 is 38.4 Å². The van der Waals surface area contributed by atoms with Gasteiger partial charge in [-0.2, -0.15) is 0 Å². The number of esters is 1. The standard InChI is InChI=1S/C28H35ClO8/c1-2-3-4-5-6-10-17-33-27-25(37-26(31)21-11-8-7-9-12-21)24(30)23(19-34-27)36-28(32)35-18-20-13-15-22(29)16-14-20/h7-9,11-16,23-25,27,30H,2-6,10,17-19H2,1H3/t23-,24+,25-,27-/m1/s1. The molecule has 1 aliphatic heterocycles. The predicted molar refractivity (Wildman–Crippen MR) is 137 cm³/mol. The summed E-state index contributed by atoms with van der Waals surface area (Å²) < 4.78 is 27.6. The molecule has 1 fully saturated rings. The summed E-state index contributed by atoms with van der Waals surface area (Å²) in [6, 6.07) is 15.2. The zero-order chi connectivity index (χ0) is 26.5. The maximum atomic E-state index is 12.7. The third kappa shape index (κ3) is 9.63. The molecule has 0 bridgehead atoms. The molecule has 2 aromatic rings. The van der Waals surface area contributed by atoms with Gasteiger partial charge in [-0.05, 0) is 36.2 Å². The van der Waals surface area contributed by atoms with Crippen LogP contribution in [-0.4, -0.2) is 55.0 Å². The summed E-state index contributed by atoms with van der Waals surface area (Å²) in [7, 11) is 0. The second kappa shape index (κ2) is 15.6. The molecular weight excluding hydrogens is 500 g/mol. The molecule has 2 aromatic carbocycles. The first kappa shape index (κ1) is 28.9. The van der Waals surface area contributed by atoms with Crippen molar-refractivity contribution in [2.45, 2.75) is 76.7 Å². The van der Waals surface area contributed by atoms with Crippen molar-refractivity contribution in [3.8, 4) is 0 Å². The quantitative estimate of drug-likeness (QED) is 0.259. The van der Waals surface area contributed by atoms with E-state index in [0.29, 0.717) is 17.2 Å². The molecule has 1 aliphatic rings. The van der Waals surface area contributed by atoms with Crippen LogP contribution in [0.25, 0.3) is 0 Å².